The van der Waals surface area contributed by atoms with Gasteiger partial charge in [0.25, 0.3) is 5.69 Å². The van der Waals surface area contributed by atoms with Gasteiger partial charge in [0, 0.05) is 24.5 Å². The third-order valence-electron chi connectivity index (χ3n) is 3.30. The Balaban J connectivity index is 2.09. The van der Waals surface area contributed by atoms with Gasteiger partial charge >= 0.3 is 6.18 Å². The Hall–Kier alpha value is -3.50. The number of H-pyrrole nitrogens is 1. The molecule has 11 heteroatoms. The van der Waals surface area contributed by atoms with Crippen LogP contribution in [-0.4, -0.2) is 30.2 Å². The third kappa shape index (κ3) is 3.11. The topological polar surface area (TPSA) is 118 Å². The molecule has 0 radical (unpaired) electrons. The molecule has 0 amide bonds. The molecule has 1 aromatic carbocycles. The molecule has 0 saturated heterocycles. The summed E-state index contributed by atoms with van der Waals surface area (Å²) in [6.45, 7) is 0. The molecule has 0 fully saturated rings. The van der Waals surface area contributed by atoms with Crippen molar-refractivity contribution in [1.82, 2.24) is 20.2 Å². The van der Waals surface area contributed by atoms with Crippen LogP contribution < -0.4 is 0 Å². The van der Waals surface area contributed by atoms with E-state index in [-0.39, 0.29) is 34.2 Å². The summed E-state index contributed by atoms with van der Waals surface area (Å²) < 4.78 is 39.2. The van der Waals surface area contributed by atoms with Crippen LogP contribution in [0.3, 0.4) is 0 Å². The third-order valence-corrected chi connectivity index (χ3v) is 3.30. The second-order valence-corrected chi connectivity index (χ2v) is 4.89. The maximum Gasteiger partial charge on any atom is 0.417 e. The minimum absolute atomic E-state index is 0.0644. The molecule has 2 N–H and O–H groups in total. The first kappa shape index (κ1) is 16.4. The number of benzene rings is 1. The fraction of sp³-hybridized carbons (Fsp3) is 0.0714. The molecular formula is C14H8F3N5O3. The SMILES string of the molecule is O=[N+]([O-])c1ccc(O)c(-c2nc(-c3cnccc3C(F)(F)F)n[nH]2)c1. The quantitative estimate of drug-likeness (QED) is 0.553. The number of hydrogen-bond donors (Lipinski definition) is 2. The van der Waals surface area contributed by atoms with Gasteiger partial charge < -0.3 is 5.11 Å². The van der Waals surface area contributed by atoms with Crippen LogP contribution in [0.25, 0.3) is 22.8 Å². The number of nitrogens with one attached hydrogen (secondary N) is 1. The van der Waals surface area contributed by atoms with Crippen LogP contribution in [0.15, 0.2) is 36.7 Å². The number of non-ortho nitro benzene ring substituents is 1. The predicted octanol–water partition coefficient (Wildman–Crippen LogP) is 3.17. The highest BCUT2D eigenvalue weighted by molar-refractivity contribution is 5.69. The van der Waals surface area contributed by atoms with Crippen molar-refractivity contribution in [3.63, 3.8) is 0 Å². The molecule has 25 heavy (non-hydrogen) atoms. The smallest absolute Gasteiger partial charge is 0.417 e. The molecule has 2 aromatic heterocycles. The van der Waals surface area contributed by atoms with Gasteiger partial charge in [-0.05, 0) is 12.1 Å². The molecule has 0 aliphatic carbocycles. The summed E-state index contributed by atoms with van der Waals surface area (Å²) in [6, 6.07) is 3.99. The number of nitrogens with zero attached hydrogens (tertiary/aromatic N) is 4. The average molecular weight is 351 g/mol. The highest BCUT2D eigenvalue weighted by Crippen LogP contribution is 2.36. The monoisotopic (exact) mass is 351 g/mol. The standard InChI is InChI=1S/C14H8F3N5O3/c15-14(16,17)10-3-4-18-6-9(10)13-19-12(20-21-13)8-5-7(22(24)25)1-2-11(8)23/h1-6,23H,(H,19,20,21). The van der Waals surface area contributed by atoms with E-state index in [4.69, 9.17) is 0 Å². The van der Waals surface area contributed by atoms with Crippen LogP contribution >= 0.6 is 0 Å². The summed E-state index contributed by atoms with van der Waals surface area (Å²) in [4.78, 5) is 17.7. The number of alkyl halides is 3. The van der Waals surface area contributed by atoms with Gasteiger partial charge in [-0.3, -0.25) is 20.2 Å². The first-order valence-electron chi connectivity index (χ1n) is 6.69. The van der Waals surface area contributed by atoms with Crippen molar-refractivity contribution in [2.75, 3.05) is 0 Å². The fourth-order valence-electron chi connectivity index (χ4n) is 2.15. The van der Waals surface area contributed by atoms with Crippen LogP contribution in [0.2, 0.25) is 0 Å². The van der Waals surface area contributed by atoms with Gasteiger partial charge in [0.15, 0.2) is 11.6 Å². The van der Waals surface area contributed by atoms with Gasteiger partial charge in [-0.15, -0.1) is 0 Å². The molecule has 0 bridgehead atoms. The summed E-state index contributed by atoms with van der Waals surface area (Å²) in [5, 5.41) is 26.7. The molecule has 3 rings (SSSR count). The molecule has 0 aliphatic heterocycles. The largest absolute Gasteiger partial charge is 0.507 e. The average Bonchev–Trinajstić information content (AvgIpc) is 3.04. The van der Waals surface area contributed by atoms with Gasteiger partial charge in [0.2, 0.25) is 0 Å². The number of aromatic nitrogens is 4. The molecule has 0 saturated carbocycles. The number of aromatic amines is 1. The Kier molecular flexibility index (Phi) is 3.83. The molecule has 0 spiro atoms. The van der Waals surface area contributed by atoms with Crippen molar-refractivity contribution in [2.45, 2.75) is 6.18 Å². The summed E-state index contributed by atoms with van der Waals surface area (Å²) in [6.07, 6.45) is -2.68. The summed E-state index contributed by atoms with van der Waals surface area (Å²) >= 11 is 0. The lowest BCUT2D eigenvalue weighted by molar-refractivity contribution is -0.384. The Bertz CT molecular complexity index is 955. The minimum Gasteiger partial charge on any atom is -0.507 e. The van der Waals surface area contributed by atoms with Crippen LogP contribution in [0.1, 0.15) is 5.56 Å². The van der Waals surface area contributed by atoms with Gasteiger partial charge in [0.1, 0.15) is 5.75 Å². The summed E-state index contributed by atoms with van der Waals surface area (Å²) in [5.41, 5.74) is -1.72. The van der Waals surface area contributed by atoms with Gasteiger partial charge in [-0.2, -0.15) is 18.3 Å². The molecule has 0 aliphatic rings. The van der Waals surface area contributed by atoms with E-state index in [1.807, 2.05) is 0 Å². The molecule has 8 nitrogen and oxygen atoms in total. The lowest BCUT2D eigenvalue weighted by Gasteiger charge is -2.09. The second-order valence-electron chi connectivity index (χ2n) is 4.89. The van der Waals surface area contributed by atoms with E-state index in [0.717, 1.165) is 36.7 Å². The molecule has 0 atom stereocenters. The molecule has 0 unspecified atom stereocenters. The number of nitro benzene ring substituents is 1. The minimum atomic E-state index is -4.63. The lowest BCUT2D eigenvalue weighted by atomic mass is 10.1. The number of hydrogen-bond acceptors (Lipinski definition) is 6. The van der Waals surface area contributed by atoms with Crippen molar-refractivity contribution < 1.29 is 23.2 Å². The number of phenols is 1. The van der Waals surface area contributed by atoms with Crippen LogP contribution in [0, 0.1) is 10.1 Å². The molecule has 2 heterocycles. The van der Waals surface area contributed by atoms with Crippen molar-refractivity contribution >= 4 is 5.69 Å². The number of pyridine rings is 1. The fourth-order valence-corrected chi connectivity index (χ4v) is 2.15. The zero-order valence-electron chi connectivity index (χ0n) is 12.2. The van der Waals surface area contributed by atoms with E-state index >= 15 is 0 Å². The summed E-state index contributed by atoms with van der Waals surface area (Å²) in [7, 11) is 0. The highest BCUT2D eigenvalue weighted by atomic mass is 19.4. The van der Waals surface area contributed by atoms with Crippen molar-refractivity contribution in [3.05, 3.63) is 52.3 Å². The van der Waals surface area contributed by atoms with Crippen LogP contribution in [0.5, 0.6) is 5.75 Å². The highest BCUT2D eigenvalue weighted by Gasteiger charge is 2.34. The zero-order chi connectivity index (χ0) is 18.2. The zero-order valence-corrected chi connectivity index (χ0v) is 12.2. The first-order chi connectivity index (χ1) is 11.8. The number of rotatable bonds is 3. The molecular weight excluding hydrogens is 343 g/mol. The van der Waals surface area contributed by atoms with E-state index in [9.17, 15) is 28.4 Å². The lowest BCUT2D eigenvalue weighted by Crippen LogP contribution is -2.07. The van der Waals surface area contributed by atoms with Crippen LogP contribution in [-0.2, 0) is 6.18 Å². The van der Waals surface area contributed by atoms with Crippen molar-refractivity contribution in [3.8, 4) is 28.5 Å². The van der Waals surface area contributed by atoms with E-state index < -0.39 is 16.7 Å². The normalized spacial score (nSPS) is 11.5. The predicted molar refractivity (Wildman–Crippen MR) is 78.4 cm³/mol. The maximum atomic E-state index is 13.1. The van der Waals surface area contributed by atoms with Gasteiger partial charge in [0.05, 0.1) is 21.6 Å². The van der Waals surface area contributed by atoms with Crippen molar-refractivity contribution in [1.29, 1.82) is 0 Å². The Labute approximate surface area is 137 Å². The molecule has 3 aromatic rings. The van der Waals surface area contributed by atoms with E-state index in [1.165, 1.54) is 0 Å². The van der Waals surface area contributed by atoms with E-state index in [0.29, 0.717) is 0 Å². The Morgan fingerprint density at radius 3 is 2.64 bits per heavy atom. The van der Waals surface area contributed by atoms with Crippen LogP contribution in [0.4, 0.5) is 18.9 Å². The van der Waals surface area contributed by atoms with E-state index in [1.54, 1.807) is 0 Å². The maximum absolute atomic E-state index is 13.1. The Morgan fingerprint density at radius 1 is 1.20 bits per heavy atom. The number of nitro groups is 1. The van der Waals surface area contributed by atoms with Gasteiger partial charge in [-0.1, -0.05) is 0 Å². The first-order valence-corrected chi connectivity index (χ1v) is 6.69. The number of aromatic hydroxyl groups is 1. The summed E-state index contributed by atoms with van der Waals surface area (Å²) in [5.74, 6) is -0.759. The Morgan fingerprint density at radius 2 is 1.96 bits per heavy atom. The van der Waals surface area contributed by atoms with Crippen molar-refractivity contribution in [2.24, 2.45) is 0 Å². The molecule has 128 valence electrons. The van der Waals surface area contributed by atoms with Gasteiger partial charge in [-0.25, -0.2) is 4.98 Å². The number of phenolic OH excluding ortho intramolecular Hbond substituents is 1. The van der Waals surface area contributed by atoms with E-state index in [2.05, 4.69) is 20.2 Å². The number of halogens is 3. The second kappa shape index (κ2) is 5.85.